The summed E-state index contributed by atoms with van der Waals surface area (Å²) in [5.41, 5.74) is 3.72. The van der Waals surface area contributed by atoms with Crippen molar-refractivity contribution in [1.29, 1.82) is 0 Å². The van der Waals surface area contributed by atoms with Crippen molar-refractivity contribution >= 4 is 16.9 Å². The fourth-order valence-electron chi connectivity index (χ4n) is 3.33. The lowest BCUT2D eigenvalue weighted by atomic mass is 10.1. The molecule has 1 amide bonds. The van der Waals surface area contributed by atoms with Crippen molar-refractivity contribution in [3.05, 3.63) is 60.4 Å². The molecule has 1 aliphatic carbocycles. The standard InChI is InChI=1S/C21H23N3O2/c25-14-4-3-13-23(17-11-12-17)21(26)16-7-9-18(10-8-16)24-15-22-19-5-1-2-6-20(19)24/h1-2,5-10,15,17,25H,3-4,11-14H2. The molecule has 1 saturated carbocycles. The summed E-state index contributed by atoms with van der Waals surface area (Å²) < 4.78 is 2.03. The molecular weight excluding hydrogens is 326 g/mol. The number of benzene rings is 2. The van der Waals surface area contributed by atoms with Crippen LogP contribution in [0.25, 0.3) is 16.7 Å². The Morgan fingerprint density at radius 2 is 1.88 bits per heavy atom. The van der Waals surface area contributed by atoms with Crippen LogP contribution in [0.1, 0.15) is 36.0 Å². The summed E-state index contributed by atoms with van der Waals surface area (Å²) in [6, 6.07) is 16.1. The zero-order chi connectivity index (χ0) is 17.9. The number of hydrogen-bond acceptors (Lipinski definition) is 3. The Balaban J connectivity index is 1.54. The Morgan fingerprint density at radius 1 is 1.12 bits per heavy atom. The minimum atomic E-state index is 0.0903. The molecule has 1 heterocycles. The number of nitrogens with zero attached hydrogens (tertiary/aromatic N) is 3. The van der Waals surface area contributed by atoms with E-state index in [1.165, 1.54) is 0 Å². The van der Waals surface area contributed by atoms with Crippen LogP contribution in [0, 0.1) is 0 Å². The molecule has 0 radical (unpaired) electrons. The van der Waals surface area contributed by atoms with Crippen LogP contribution in [0.4, 0.5) is 0 Å². The van der Waals surface area contributed by atoms with Crippen molar-refractivity contribution in [3.63, 3.8) is 0 Å². The van der Waals surface area contributed by atoms with Gasteiger partial charge in [0.1, 0.15) is 6.33 Å². The van der Waals surface area contributed by atoms with Gasteiger partial charge in [-0.2, -0.15) is 0 Å². The number of hydrogen-bond donors (Lipinski definition) is 1. The zero-order valence-electron chi connectivity index (χ0n) is 14.7. The Kier molecular flexibility index (Phi) is 4.71. The highest BCUT2D eigenvalue weighted by Crippen LogP contribution is 2.29. The SMILES string of the molecule is O=C(c1ccc(-n2cnc3ccccc32)cc1)N(CCCCO)C1CC1. The van der Waals surface area contributed by atoms with Crippen molar-refractivity contribution in [2.24, 2.45) is 0 Å². The van der Waals surface area contributed by atoms with Crippen LogP contribution in [0.5, 0.6) is 0 Å². The van der Waals surface area contributed by atoms with E-state index in [4.69, 9.17) is 5.11 Å². The van der Waals surface area contributed by atoms with Crippen molar-refractivity contribution in [3.8, 4) is 5.69 Å². The maximum atomic E-state index is 12.9. The van der Waals surface area contributed by atoms with Gasteiger partial charge in [-0.15, -0.1) is 0 Å². The number of aliphatic hydroxyl groups is 1. The smallest absolute Gasteiger partial charge is 0.254 e. The molecule has 1 fully saturated rings. The number of aromatic nitrogens is 2. The first-order chi connectivity index (χ1) is 12.8. The number of amides is 1. The van der Waals surface area contributed by atoms with Gasteiger partial charge in [-0.25, -0.2) is 4.98 Å². The molecule has 0 bridgehead atoms. The van der Waals surface area contributed by atoms with Crippen LogP contribution in [0.15, 0.2) is 54.9 Å². The van der Waals surface area contributed by atoms with Gasteiger partial charge in [-0.05, 0) is 62.1 Å². The molecule has 0 saturated heterocycles. The van der Waals surface area contributed by atoms with Crippen LogP contribution in [0.3, 0.4) is 0 Å². The number of para-hydroxylation sites is 2. The van der Waals surface area contributed by atoms with Gasteiger partial charge in [-0.1, -0.05) is 12.1 Å². The number of imidazole rings is 1. The van der Waals surface area contributed by atoms with Crippen molar-refractivity contribution in [2.45, 2.75) is 31.7 Å². The van der Waals surface area contributed by atoms with Gasteiger partial charge in [0, 0.05) is 30.4 Å². The van der Waals surface area contributed by atoms with Crippen molar-refractivity contribution < 1.29 is 9.90 Å². The first kappa shape index (κ1) is 16.8. The molecule has 0 aliphatic heterocycles. The third-order valence-corrected chi connectivity index (χ3v) is 4.90. The number of fused-ring (bicyclic) bond motifs is 1. The molecule has 26 heavy (non-hydrogen) atoms. The Labute approximate surface area is 152 Å². The molecule has 4 rings (SSSR count). The molecule has 1 aromatic heterocycles. The van der Waals surface area contributed by atoms with E-state index in [1.807, 2.05) is 64.3 Å². The lowest BCUT2D eigenvalue weighted by Gasteiger charge is -2.22. The third-order valence-electron chi connectivity index (χ3n) is 4.90. The summed E-state index contributed by atoms with van der Waals surface area (Å²) >= 11 is 0. The van der Waals surface area contributed by atoms with E-state index in [0.717, 1.165) is 48.9 Å². The molecule has 1 aliphatic rings. The summed E-state index contributed by atoms with van der Waals surface area (Å²) in [4.78, 5) is 19.3. The van der Waals surface area contributed by atoms with Crippen LogP contribution >= 0.6 is 0 Å². The fourth-order valence-corrected chi connectivity index (χ4v) is 3.33. The maximum Gasteiger partial charge on any atom is 0.254 e. The number of carbonyl (C=O) groups excluding carboxylic acids is 1. The largest absolute Gasteiger partial charge is 0.396 e. The summed E-state index contributed by atoms with van der Waals surface area (Å²) in [7, 11) is 0. The highest BCUT2D eigenvalue weighted by molar-refractivity contribution is 5.95. The van der Waals surface area contributed by atoms with Gasteiger partial charge >= 0.3 is 0 Å². The average Bonchev–Trinajstić information content (AvgIpc) is 3.43. The number of aliphatic hydroxyl groups excluding tert-OH is 1. The first-order valence-electron chi connectivity index (χ1n) is 9.22. The third kappa shape index (κ3) is 3.35. The van der Waals surface area contributed by atoms with Gasteiger partial charge in [0.25, 0.3) is 5.91 Å². The molecule has 0 unspecified atom stereocenters. The summed E-state index contributed by atoms with van der Waals surface area (Å²) in [6.45, 7) is 0.901. The highest BCUT2D eigenvalue weighted by atomic mass is 16.3. The topological polar surface area (TPSA) is 58.4 Å². The summed E-state index contributed by atoms with van der Waals surface area (Å²) in [5, 5.41) is 8.97. The number of rotatable bonds is 7. The molecule has 1 N–H and O–H groups in total. The Morgan fingerprint density at radius 3 is 2.62 bits per heavy atom. The molecule has 3 aromatic rings. The summed E-state index contributed by atoms with van der Waals surface area (Å²) in [5.74, 6) is 0.0903. The fraction of sp³-hybridized carbons (Fsp3) is 0.333. The van der Waals surface area contributed by atoms with Crippen LogP contribution in [-0.2, 0) is 0 Å². The minimum absolute atomic E-state index is 0.0903. The molecule has 0 atom stereocenters. The molecular formula is C21H23N3O2. The van der Waals surface area contributed by atoms with Crippen molar-refractivity contribution in [1.82, 2.24) is 14.5 Å². The molecule has 134 valence electrons. The molecule has 5 nitrogen and oxygen atoms in total. The van der Waals surface area contributed by atoms with Crippen LogP contribution in [-0.4, -0.2) is 44.7 Å². The normalized spacial score (nSPS) is 13.9. The van der Waals surface area contributed by atoms with Gasteiger partial charge in [-0.3, -0.25) is 9.36 Å². The zero-order valence-corrected chi connectivity index (χ0v) is 14.7. The van der Waals surface area contributed by atoms with Gasteiger partial charge in [0.15, 0.2) is 0 Å². The highest BCUT2D eigenvalue weighted by Gasteiger charge is 2.32. The van der Waals surface area contributed by atoms with E-state index >= 15 is 0 Å². The monoisotopic (exact) mass is 349 g/mol. The Bertz CT molecular complexity index is 897. The van der Waals surface area contributed by atoms with E-state index in [1.54, 1.807) is 0 Å². The predicted molar refractivity (Wildman–Crippen MR) is 101 cm³/mol. The molecule has 5 heteroatoms. The predicted octanol–water partition coefficient (Wildman–Crippen LogP) is 3.40. The second-order valence-electron chi connectivity index (χ2n) is 6.81. The lowest BCUT2D eigenvalue weighted by Crippen LogP contribution is -2.34. The first-order valence-corrected chi connectivity index (χ1v) is 9.22. The van der Waals surface area contributed by atoms with Crippen LogP contribution < -0.4 is 0 Å². The second kappa shape index (κ2) is 7.30. The molecule has 0 spiro atoms. The van der Waals surface area contributed by atoms with E-state index in [0.29, 0.717) is 11.6 Å². The number of carbonyl (C=O) groups is 1. The van der Waals surface area contributed by atoms with Gasteiger partial charge in [0.05, 0.1) is 11.0 Å². The Hall–Kier alpha value is -2.66. The second-order valence-corrected chi connectivity index (χ2v) is 6.81. The van der Waals surface area contributed by atoms with E-state index in [9.17, 15) is 4.79 Å². The van der Waals surface area contributed by atoms with E-state index < -0.39 is 0 Å². The summed E-state index contributed by atoms with van der Waals surface area (Å²) in [6.07, 6.45) is 5.57. The van der Waals surface area contributed by atoms with E-state index in [2.05, 4.69) is 4.98 Å². The average molecular weight is 349 g/mol. The molecule has 2 aromatic carbocycles. The maximum absolute atomic E-state index is 12.9. The van der Waals surface area contributed by atoms with Gasteiger partial charge < -0.3 is 10.0 Å². The minimum Gasteiger partial charge on any atom is -0.396 e. The quantitative estimate of drug-likeness (QED) is 0.665. The lowest BCUT2D eigenvalue weighted by molar-refractivity contribution is 0.0737. The van der Waals surface area contributed by atoms with Crippen molar-refractivity contribution in [2.75, 3.05) is 13.2 Å². The van der Waals surface area contributed by atoms with E-state index in [-0.39, 0.29) is 12.5 Å². The number of unbranched alkanes of at least 4 members (excludes halogenated alkanes) is 1. The van der Waals surface area contributed by atoms with Crippen LogP contribution in [0.2, 0.25) is 0 Å². The van der Waals surface area contributed by atoms with Gasteiger partial charge in [0.2, 0.25) is 0 Å².